The fourth-order valence-electron chi connectivity index (χ4n) is 4.79. The first-order valence-electron chi connectivity index (χ1n) is 11.1. The van der Waals surface area contributed by atoms with Gasteiger partial charge in [-0.05, 0) is 60.7 Å². The molecule has 2 aliphatic rings. The lowest BCUT2D eigenvalue weighted by Crippen LogP contribution is -2.29. The third-order valence-corrected chi connectivity index (χ3v) is 6.35. The fraction of sp³-hybridized carbons (Fsp3) is 0.207. The molecule has 0 radical (unpaired) electrons. The molecule has 1 aliphatic carbocycles. The van der Waals surface area contributed by atoms with Gasteiger partial charge in [0.25, 0.3) is 0 Å². The highest BCUT2D eigenvalue weighted by atomic mass is 16.5. The Bertz CT molecular complexity index is 1220. The molecule has 0 spiro atoms. The third-order valence-electron chi connectivity index (χ3n) is 6.35. The third kappa shape index (κ3) is 3.92. The van der Waals surface area contributed by atoms with Gasteiger partial charge in [0, 0.05) is 23.4 Å². The monoisotopic (exact) mass is 418 g/mol. The van der Waals surface area contributed by atoms with Gasteiger partial charge in [-0.3, -0.25) is 4.99 Å². The molecule has 3 atom stereocenters. The van der Waals surface area contributed by atoms with Gasteiger partial charge in [0.2, 0.25) is 0 Å². The maximum absolute atomic E-state index is 5.61. The first-order valence-corrected chi connectivity index (χ1v) is 11.1. The lowest BCUT2D eigenvalue weighted by Gasteiger charge is -2.37. The van der Waals surface area contributed by atoms with E-state index in [4.69, 9.17) is 11.2 Å². The molecule has 0 unspecified atom stereocenters. The standard InChI is InChI=1S/C29H26N2O/c1-3-17-32-28-10-5-4-7-22(28)19-30-23-14-12-21(13-15-23)29-25-9-6-8-24(25)26-18-20(2)11-16-27(26)31-29/h1,4-8,10-16,18-19,24-25,29,31H,9,17H2,2H3/t24-,25+,29-/m0/s1. The lowest BCUT2D eigenvalue weighted by atomic mass is 9.76. The molecule has 1 aliphatic heterocycles. The Balaban J connectivity index is 1.36. The highest BCUT2D eigenvalue weighted by Gasteiger charge is 2.37. The van der Waals surface area contributed by atoms with E-state index in [0.29, 0.717) is 17.9 Å². The van der Waals surface area contributed by atoms with Crippen molar-refractivity contribution >= 4 is 17.6 Å². The molecule has 3 aromatic rings. The highest BCUT2D eigenvalue weighted by Crippen LogP contribution is 2.50. The van der Waals surface area contributed by atoms with Crippen LogP contribution in [-0.2, 0) is 0 Å². The van der Waals surface area contributed by atoms with Crippen LogP contribution in [0.5, 0.6) is 5.75 Å². The number of benzene rings is 3. The normalized spacial score (nSPS) is 20.9. The first-order chi connectivity index (χ1) is 15.7. The summed E-state index contributed by atoms with van der Waals surface area (Å²) >= 11 is 0. The molecular weight excluding hydrogens is 392 g/mol. The van der Waals surface area contributed by atoms with Crippen molar-refractivity contribution in [3.05, 3.63) is 101 Å². The Morgan fingerprint density at radius 2 is 1.97 bits per heavy atom. The Hall–Kier alpha value is -3.77. The smallest absolute Gasteiger partial charge is 0.148 e. The molecule has 0 aromatic heterocycles. The van der Waals surface area contributed by atoms with Crippen LogP contribution < -0.4 is 10.1 Å². The molecule has 0 bridgehead atoms. The maximum Gasteiger partial charge on any atom is 0.148 e. The summed E-state index contributed by atoms with van der Waals surface area (Å²) in [4.78, 5) is 4.65. The van der Waals surface area contributed by atoms with Gasteiger partial charge in [0.05, 0.1) is 11.7 Å². The van der Waals surface area contributed by atoms with Gasteiger partial charge in [0.1, 0.15) is 12.4 Å². The zero-order valence-corrected chi connectivity index (χ0v) is 18.2. The average Bonchev–Trinajstić information content (AvgIpc) is 3.32. The second kappa shape index (κ2) is 8.77. The molecule has 32 heavy (non-hydrogen) atoms. The van der Waals surface area contributed by atoms with E-state index in [9.17, 15) is 0 Å². The quantitative estimate of drug-likeness (QED) is 0.288. The van der Waals surface area contributed by atoms with Crippen molar-refractivity contribution in [2.45, 2.75) is 25.3 Å². The minimum Gasteiger partial charge on any atom is -0.480 e. The average molecular weight is 419 g/mol. The number of hydrogen-bond donors (Lipinski definition) is 1. The van der Waals surface area contributed by atoms with E-state index in [1.165, 1.54) is 22.4 Å². The Morgan fingerprint density at radius 3 is 2.81 bits per heavy atom. The van der Waals surface area contributed by atoms with Crippen LogP contribution in [0.2, 0.25) is 0 Å². The van der Waals surface area contributed by atoms with E-state index in [2.05, 4.69) is 77.8 Å². The van der Waals surface area contributed by atoms with Crippen LogP contribution in [0.15, 0.2) is 83.9 Å². The maximum atomic E-state index is 5.61. The van der Waals surface area contributed by atoms with Crippen molar-refractivity contribution in [1.82, 2.24) is 0 Å². The second-order valence-electron chi connectivity index (χ2n) is 8.45. The van der Waals surface area contributed by atoms with Crippen LogP contribution in [0.25, 0.3) is 0 Å². The van der Waals surface area contributed by atoms with Crippen molar-refractivity contribution in [1.29, 1.82) is 0 Å². The van der Waals surface area contributed by atoms with Crippen LogP contribution in [0.3, 0.4) is 0 Å². The van der Waals surface area contributed by atoms with E-state index in [-0.39, 0.29) is 6.61 Å². The second-order valence-corrected chi connectivity index (χ2v) is 8.45. The van der Waals surface area contributed by atoms with Crippen LogP contribution in [0, 0.1) is 25.2 Å². The highest BCUT2D eigenvalue weighted by molar-refractivity contribution is 5.85. The van der Waals surface area contributed by atoms with E-state index in [1.807, 2.05) is 30.5 Å². The molecule has 0 saturated heterocycles. The summed E-state index contributed by atoms with van der Waals surface area (Å²) in [7, 11) is 0. The molecule has 0 amide bonds. The van der Waals surface area contributed by atoms with Gasteiger partial charge in [-0.25, -0.2) is 0 Å². The van der Waals surface area contributed by atoms with Gasteiger partial charge < -0.3 is 10.1 Å². The summed E-state index contributed by atoms with van der Waals surface area (Å²) in [6, 6.07) is 23.4. The molecule has 3 aromatic carbocycles. The number of terminal acetylenes is 1. The number of allylic oxidation sites excluding steroid dienone is 2. The summed E-state index contributed by atoms with van der Waals surface area (Å²) in [5.41, 5.74) is 7.11. The molecule has 1 heterocycles. The summed E-state index contributed by atoms with van der Waals surface area (Å²) in [5, 5.41) is 3.81. The number of hydrogen-bond acceptors (Lipinski definition) is 3. The van der Waals surface area contributed by atoms with Crippen molar-refractivity contribution < 1.29 is 4.74 Å². The minimum atomic E-state index is 0.244. The van der Waals surface area contributed by atoms with E-state index >= 15 is 0 Å². The molecule has 3 heteroatoms. The van der Waals surface area contributed by atoms with Crippen LogP contribution in [0.1, 0.15) is 40.6 Å². The van der Waals surface area contributed by atoms with Gasteiger partial charge in [-0.1, -0.05) is 60.0 Å². The van der Waals surface area contributed by atoms with Crippen LogP contribution >= 0.6 is 0 Å². The molecule has 3 nitrogen and oxygen atoms in total. The van der Waals surface area contributed by atoms with Crippen molar-refractivity contribution in [2.24, 2.45) is 10.9 Å². The number of para-hydroxylation sites is 1. The number of anilines is 1. The number of aliphatic imine (C=N–C) groups is 1. The summed E-state index contributed by atoms with van der Waals surface area (Å²) < 4.78 is 5.61. The van der Waals surface area contributed by atoms with Gasteiger partial charge in [0.15, 0.2) is 0 Å². The number of rotatable bonds is 5. The summed E-state index contributed by atoms with van der Waals surface area (Å²) in [6.45, 7) is 2.41. The van der Waals surface area contributed by atoms with Crippen LogP contribution in [0.4, 0.5) is 11.4 Å². The van der Waals surface area contributed by atoms with Gasteiger partial charge in [-0.2, -0.15) is 0 Å². The predicted molar refractivity (Wildman–Crippen MR) is 132 cm³/mol. The number of ether oxygens (including phenoxy) is 1. The Labute approximate surface area is 189 Å². The predicted octanol–water partition coefficient (Wildman–Crippen LogP) is 6.58. The number of nitrogens with zero attached hydrogens (tertiary/aromatic N) is 1. The van der Waals surface area contributed by atoms with E-state index < -0.39 is 0 Å². The zero-order chi connectivity index (χ0) is 21.9. The van der Waals surface area contributed by atoms with Crippen molar-refractivity contribution in [2.75, 3.05) is 11.9 Å². The topological polar surface area (TPSA) is 33.6 Å². The van der Waals surface area contributed by atoms with E-state index in [0.717, 1.165) is 23.4 Å². The largest absolute Gasteiger partial charge is 0.480 e. The van der Waals surface area contributed by atoms with Crippen molar-refractivity contribution in [3.8, 4) is 18.1 Å². The molecule has 158 valence electrons. The zero-order valence-electron chi connectivity index (χ0n) is 18.2. The van der Waals surface area contributed by atoms with Gasteiger partial charge in [-0.15, -0.1) is 6.42 Å². The van der Waals surface area contributed by atoms with Crippen LogP contribution in [-0.4, -0.2) is 12.8 Å². The summed E-state index contributed by atoms with van der Waals surface area (Å²) in [5.74, 6) is 4.26. The van der Waals surface area contributed by atoms with E-state index in [1.54, 1.807) is 0 Å². The number of fused-ring (bicyclic) bond motifs is 3. The molecular formula is C29H26N2O. The molecule has 0 saturated carbocycles. The molecule has 0 fully saturated rings. The SMILES string of the molecule is C#CCOc1ccccc1C=Nc1ccc([C@@H]2Nc3ccc(C)cc3[C@H]3C=CC[C@H]32)cc1. The Kier molecular flexibility index (Phi) is 5.52. The lowest BCUT2D eigenvalue weighted by molar-refractivity contribution is 0.370. The van der Waals surface area contributed by atoms with Gasteiger partial charge >= 0.3 is 0 Å². The fourth-order valence-corrected chi connectivity index (χ4v) is 4.79. The molecule has 1 N–H and O–H groups in total. The first kappa shape index (κ1) is 20.2. The number of nitrogens with one attached hydrogen (secondary N) is 1. The summed E-state index contributed by atoms with van der Waals surface area (Å²) in [6.07, 6.45) is 13.0. The number of aryl methyl sites for hydroxylation is 1. The minimum absolute atomic E-state index is 0.244. The molecule has 5 rings (SSSR count). The van der Waals surface area contributed by atoms with Crippen molar-refractivity contribution in [3.63, 3.8) is 0 Å². The Morgan fingerprint density at radius 1 is 1.12 bits per heavy atom.